The van der Waals surface area contributed by atoms with E-state index in [2.05, 4.69) is 11.0 Å². The van der Waals surface area contributed by atoms with Crippen LogP contribution in [0.5, 0.6) is 0 Å². The molecular weight excluding hydrogens is 176 g/mol. The molecular formula is C11H18N2O. The van der Waals surface area contributed by atoms with Gasteiger partial charge in [0.15, 0.2) is 0 Å². The van der Waals surface area contributed by atoms with Gasteiger partial charge in [0.2, 0.25) is 0 Å². The molecule has 0 aromatic heterocycles. The Morgan fingerprint density at radius 3 is 3.00 bits per heavy atom. The number of hydrogen-bond donors (Lipinski definition) is 0. The van der Waals surface area contributed by atoms with Crippen molar-refractivity contribution in [3.8, 4) is 6.07 Å². The van der Waals surface area contributed by atoms with Gasteiger partial charge < -0.3 is 4.90 Å². The normalized spacial score (nSPS) is 22.4. The third-order valence-corrected chi connectivity index (χ3v) is 2.82. The summed E-state index contributed by atoms with van der Waals surface area (Å²) in [6.45, 7) is 1.61. The van der Waals surface area contributed by atoms with Crippen molar-refractivity contribution >= 4 is 5.78 Å². The Morgan fingerprint density at radius 2 is 2.36 bits per heavy atom. The maximum atomic E-state index is 11.5. The van der Waals surface area contributed by atoms with Crippen molar-refractivity contribution < 1.29 is 4.79 Å². The van der Waals surface area contributed by atoms with Gasteiger partial charge in [-0.05, 0) is 19.9 Å². The van der Waals surface area contributed by atoms with Gasteiger partial charge in [-0.1, -0.05) is 6.42 Å². The summed E-state index contributed by atoms with van der Waals surface area (Å²) in [5.74, 6) is 0.646. The van der Waals surface area contributed by atoms with Crippen LogP contribution in [0, 0.1) is 17.2 Å². The quantitative estimate of drug-likeness (QED) is 0.682. The Hall–Kier alpha value is -0.880. The summed E-state index contributed by atoms with van der Waals surface area (Å²) in [5.41, 5.74) is 0. The van der Waals surface area contributed by atoms with Crippen LogP contribution in [0.4, 0.5) is 0 Å². The highest BCUT2D eigenvalue weighted by atomic mass is 16.1. The summed E-state index contributed by atoms with van der Waals surface area (Å²) in [7, 11) is 1.99. The van der Waals surface area contributed by atoms with E-state index < -0.39 is 0 Å². The minimum atomic E-state index is 0.229. The fourth-order valence-corrected chi connectivity index (χ4v) is 1.96. The lowest BCUT2D eigenvalue weighted by Gasteiger charge is -2.25. The van der Waals surface area contributed by atoms with Crippen molar-refractivity contribution in [1.29, 1.82) is 5.26 Å². The van der Waals surface area contributed by atoms with Gasteiger partial charge in [-0.3, -0.25) is 4.79 Å². The molecule has 0 aliphatic heterocycles. The fraction of sp³-hybridized carbons (Fsp3) is 0.818. The lowest BCUT2D eigenvalue weighted by molar-refractivity contribution is -0.125. The van der Waals surface area contributed by atoms with Gasteiger partial charge >= 0.3 is 0 Å². The second-order valence-electron chi connectivity index (χ2n) is 4.08. The summed E-state index contributed by atoms with van der Waals surface area (Å²) >= 11 is 0. The Kier molecular flexibility index (Phi) is 4.61. The van der Waals surface area contributed by atoms with E-state index in [1.807, 2.05) is 7.05 Å². The SMILES string of the molecule is CN(CCC#N)CC1CCCCC1=O. The molecule has 0 aromatic rings. The molecule has 0 bridgehead atoms. The van der Waals surface area contributed by atoms with E-state index in [1.54, 1.807) is 0 Å². The molecule has 78 valence electrons. The van der Waals surface area contributed by atoms with Crippen molar-refractivity contribution in [2.45, 2.75) is 32.1 Å². The molecule has 0 saturated heterocycles. The number of Topliss-reactive ketones (excluding diaryl/α,β-unsaturated/α-hetero) is 1. The Morgan fingerprint density at radius 1 is 1.57 bits per heavy atom. The van der Waals surface area contributed by atoms with Crippen molar-refractivity contribution in [2.75, 3.05) is 20.1 Å². The molecule has 3 nitrogen and oxygen atoms in total. The highest BCUT2D eigenvalue weighted by molar-refractivity contribution is 5.81. The number of carbonyl (C=O) groups is 1. The zero-order valence-corrected chi connectivity index (χ0v) is 8.83. The molecule has 1 atom stereocenters. The molecule has 3 heteroatoms. The Bertz CT molecular complexity index is 232. The van der Waals surface area contributed by atoms with E-state index in [4.69, 9.17) is 5.26 Å². The number of nitriles is 1. The van der Waals surface area contributed by atoms with Gasteiger partial charge in [-0.25, -0.2) is 0 Å². The average Bonchev–Trinajstić information content (AvgIpc) is 2.18. The molecule has 0 amide bonds. The summed E-state index contributed by atoms with van der Waals surface area (Å²) in [6, 6.07) is 2.12. The third-order valence-electron chi connectivity index (χ3n) is 2.82. The molecule has 14 heavy (non-hydrogen) atoms. The maximum absolute atomic E-state index is 11.5. The number of hydrogen-bond acceptors (Lipinski definition) is 3. The zero-order valence-electron chi connectivity index (χ0n) is 8.83. The number of rotatable bonds is 4. The van der Waals surface area contributed by atoms with Crippen LogP contribution in [0.3, 0.4) is 0 Å². The van der Waals surface area contributed by atoms with Crippen LogP contribution in [0.2, 0.25) is 0 Å². The average molecular weight is 194 g/mol. The van der Waals surface area contributed by atoms with Gasteiger partial charge in [0.25, 0.3) is 0 Å². The molecule has 0 aromatic carbocycles. The first-order valence-electron chi connectivity index (χ1n) is 5.32. The van der Waals surface area contributed by atoms with Gasteiger partial charge in [-0.2, -0.15) is 5.26 Å². The topological polar surface area (TPSA) is 44.1 Å². The standard InChI is InChI=1S/C11H18N2O/c1-13(8-4-7-12)9-10-5-2-3-6-11(10)14/h10H,2-6,8-9H2,1H3. The van der Waals surface area contributed by atoms with Crippen molar-refractivity contribution in [2.24, 2.45) is 5.92 Å². The van der Waals surface area contributed by atoms with E-state index in [1.165, 1.54) is 6.42 Å². The Labute approximate surface area is 85.7 Å². The molecule has 0 N–H and O–H groups in total. The highest BCUT2D eigenvalue weighted by Gasteiger charge is 2.22. The van der Waals surface area contributed by atoms with Gasteiger partial charge in [0, 0.05) is 31.8 Å². The summed E-state index contributed by atoms with van der Waals surface area (Å²) in [4.78, 5) is 13.6. The first-order valence-corrected chi connectivity index (χ1v) is 5.32. The van der Waals surface area contributed by atoms with Crippen LogP contribution >= 0.6 is 0 Å². The van der Waals surface area contributed by atoms with Crippen LogP contribution < -0.4 is 0 Å². The molecule has 1 saturated carbocycles. The number of ketones is 1. The number of carbonyl (C=O) groups excluding carboxylic acids is 1. The lowest BCUT2D eigenvalue weighted by atomic mass is 9.87. The zero-order chi connectivity index (χ0) is 10.4. The molecule has 0 heterocycles. The molecule has 1 rings (SSSR count). The molecule has 0 radical (unpaired) electrons. The maximum Gasteiger partial charge on any atom is 0.137 e. The predicted molar refractivity (Wildman–Crippen MR) is 54.7 cm³/mol. The minimum absolute atomic E-state index is 0.229. The van der Waals surface area contributed by atoms with E-state index >= 15 is 0 Å². The number of nitrogens with zero attached hydrogens (tertiary/aromatic N) is 2. The van der Waals surface area contributed by atoms with E-state index in [-0.39, 0.29) is 5.92 Å². The molecule has 0 spiro atoms. The summed E-state index contributed by atoms with van der Waals surface area (Å²) < 4.78 is 0. The first-order chi connectivity index (χ1) is 6.74. The lowest BCUT2D eigenvalue weighted by Crippen LogP contribution is -2.32. The third kappa shape index (κ3) is 3.47. The predicted octanol–water partition coefficient (Wildman–Crippen LogP) is 1.59. The first kappa shape index (κ1) is 11.2. The van der Waals surface area contributed by atoms with Gasteiger partial charge in [-0.15, -0.1) is 0 Å². The largest absolute Gasteiger partial charge is 0.305 e. The van der Waals surface area contributed by atoms with Crippen LogP contribution in [-0.4, -0.2) is 30.8 Å². The summed E-state index contributed by atoms with van der Waals surface area (Å²) in [6.07, 6.45) is 4.60. The van der Waals surface area contributed by atoms with E-state index in [9.17, 15) is 4.79 Å². The van der Waals surface area contributed by atoms with Crippen molar-refractivity contribution in [1.82, 2.24) is 4.90 Å². The van der Waals surface area contributed by atoms with E-state index in [0.29, 0.717) is 12.2 Å². The molecule has 1 fully saturated rings. The van der Waals surface area contributed by atoms with Gasteiger partial charge in [0.05, 0.1) is 6.07 Å². The second kappa shape index (κ2) is 5.77. The van der Waals surface area contributed by atoms with Crippen LogP contribution in [0.25, 0.3) is 0 Å². The summed E-state index contributed by atoms with van der Waals surface area (Å²) in [5, 5.41) is 8.43. The van der Waals surface area contributed by atoms with Crippen LogP contribution in [0.15, 0.2) is 0 Å². The van der Waals surface area contributed by atoms with Crippen molar-refractivity contribution in [3.63, 3.8) is 0 Å². The molecule has 1 aliphatic rings. The second-order valence-corrected chi connectivity index (χ2v) is 4.08. The highest BCUT2D eigenvalue weighted by Crippen LogP contribution is 2.21. The fourth-order valence-electron chi connectivity index (χ4n) is 1.96. The smallest absolute Gasteiger partial charge is 0.137 e. The molecule has 1 aliphatic carbocycles. The van der Waals surface area contributed by atoms with Gasteiger partial charge in [0.1, 0.15) is 5.78 Å². The Balaban J connectivity index is 2.27. The van der Waals surface area contributed by atoms with E-state index in [0.717, 1.165) is 32.4 Å². The minimum Gasteiger partial charge on any atom is -0.305 e. The monoisotopic (exact) mass is 194 g/mol. The van der Waals surface area contributed by atoms with Crippen LogP contribution in [-0.2, 0) is 4.79 Å². The van der Waals surface area contributed by atoms with Crippen LogP contribution in [0.1, 0.15) is 32.1 Å². The molecule has 1 unspecified atom stereocenters. The van der Waals surface area contributed by atoms with Crippen molar-refractivity contribution in [3.05, 3.63) is 0 Å².